The molecule has 0 spiro atoms. The number of furan rings is 1. The highest BCUT2D eigenvalue weighted by Crippen LogP contribution is 2.36. The van der Waals surface area contributed by atoms with Crippen molar-refractivity contribution in [3.05, 3.63) is 58.8 Å². The molecule has 3 aromatic rings. The predicted molar refractivity (Wildman–Crippen MR) is 87.5 cm³/mol. The Morgan fingerprint density at radius 3 is 2.41 bits per heavy atom. The van der Waals surface area contributed by atoms with Crippen LogP contribution in [0.5, 0.6) is 11.5 Å². The zero-order chi connectivity index (χ0) is 15.7. The summed E-state index contributed by atoms with van der Waals surface area (Å²) < 4.78 is 5.92. The van der Waals surface area contributed by atoms with Crippen LogP contribution in [0.25, 0.3) is 11.0 Å². The summed E-state index contributed by atoms with van der Waals surface area (Å²) in [4.78, 5) is 0. The smallest absolute Gasteiger partial charge is 0.138 e. The van der Waals surface area contributed by atoms with Gasteiger partial charge in [0.2, 0.25) is 0 Å². The molecule has 0 aliphatic carbocycles. The molecule has 1 heterocycles. The molecule has 0 saturated carbocycles. The van der Waals surface area contributed by atoms with Gasteiger partial charge in [0, 0.05) is 12.0 Å². The number of phenolic OH excluding ortho intramolecular Hbond substituents is 2. The Morgan fingerprint density at radius 2 is 1.73 bits per heavy atom. The van der Waals surface area contributed by atoms with Gasteiger partial charge < -0.3 is 14.6 Å². The third-order valence-corrected chi connectivity index (χ3v) is 4.07. The number of fused-ring (bicyclic) bond motifs is 1. The molecule has 0 atom stereocenters. The highest BCUT2D eigenvalue weighted by Gasteiger charge is 2.16. The van der Waals surface area contributed by atoms with Crippen molar-refractivity contribution < 1.29 is 14.6 Å². The van der Waals surface area contributed by atoms with E-state index in [1.807, 2.05) is 31.2 Å². The summed E-state index contributed by atoms with van der Waals surface area (Å²) in [5, 5.41) is 20.7. The highest BCUT2D eigenvalue weighted by molar-refractivity contribution is 5.89. The first kappa shape index (κ1) is 14.5. The minimum absolute atomic E-state index is 0.256. The van der Waals surface area contributed by atoms with E-state index < -0.39 is 0 Å². The van der Waals surface area contributed by atoms with E-state index in [1.165, 1.54) is 0 Å². The molecule has 114 valence electrons. The van der Waals surface area contributed by atoms with Gasteiger partial charge in [0.25, 0.3) is 0 Å². The zero-order valence-electron chi connectivity index (χ0n) is 12.9. The Hall–Kier alpha value is -2.42. The average molecular weight is 296 g/mol. The normalized spacial score (nSPS) is 11.2. The van der Waals surface area contributed by atoms with Gasteiger partial charge in [0.1, 0.15) is 22.8 Å². The number of benzene rings is 2. The first-order valence-corrected chi connectivity index (χ1v) is 7.61. The number of phenols is 2. The predicted octanol–water partition coefficient (Wildman–Crippen LogP) is 4.70. The summed E-state index contributed by atoms with van der Waals surface area (Å²) in [7, 11) is 0. The van der Waals surface area contributed by atoms with Crippen molar-refractivity contribution in [3.63, 3.8) is 0 Å². The van der Waals surface area contributed by atoms with Crippen molar-refractivity contribution in [3.8, 4) is 11.5 Å². The van der Waals surface area contributed by atoms with E-state index in [0.717, 1.165) is 46.3 Å². The van der Waals surface area contributed by atoms with Crippen LogP contribution in [0.3, 0.4) is 0 Å². The molecule has 0 aliphatic heterocycles. The standard InChI is InChI=1S/C19H20O3/c1-3-4-14-7-10-16-18(19(14)21)12(2)17(22-16)11-13-5-8-15(20)9-6-13/h5-10,20-21H,3-4,11H2,1-2H3. The van der Waals surface area contributed by atoms with E-state index >= 15 is 0 Å². The molecule has 3 heteroatoms. The van der Waals surface area contributed by atoms with Gasteiger partial charge in [-0.1, -0.05) is 31.5 Å². The molecule has 0 amide bonds. The van der Waals surface area contributed by atoms with Gasteiger partial charge >= 0.3 is 0 Å². The topological polar surface area (TPSA) is 53.6 Å². The fourth-order valence-electron chi connectivity index (χ4n) is 2.85. The van der Waals surface area contributed by atoms with Gasteiger partial charge in [-0.3, -0.25) is 0 Å². The van der Waals surface area contributed by atoms with Crippen molar-refractivity contribution in [1.82, 2.24) is 0 Å². The van der Waals surface area contributed by atoms with E-state index in [4.69, 9.17) is 4.42 Å². The second-order valence-electron chi connectivity index (χ2n) is 5.69. The van der Waals surface area contributed by atoms with Crippen LogP contribution in [0.4, 0.5) is 0 Å². The van der Waals surface area contributed by atoms with Gasteiger partial charge in [0.05, 0.1) is 5.39 Å². The maximum Gasteiger partial charge on any atom is 0.138 e. The van der Waals surface area contributed by atoms with Gasteiger partial charge in [-0.05, 0) is 42.7 Å². The lowest BCUT2D eigenvalue weighted by Gasteiger charge is -2.04. The molecular weight excluding hydrogens is 276 g/mol. The van der Waals surface area contributed by atoms with Gasteiger partial charge in [-0.25, -0.2) is 0 Å². The number of rotatable bonds is 4. The van der Waals surface area contributed by atoms with Crippen LogP contribution in [-0.2, 0) is 12.8 Å². The molecule has 0 saturated heterocycles. The van der Waals surface area contributed by atoms with Gasteiger partial charge in [-0.15, -0.1) is 0 Å². The van der Waals surface area contributed by atoms with Crippen LogP contribution < -0.4 is 0 Å². The minimum Gasteiger partial charge on any atom is -0.508 e. The Bertz CT molecular complexity index is 798. The van der Waals surface area contributed by atoms with Gasteiger partial charge in [0.15, 0.2) is 0 Å². The van der Waals surface area contributed by atoms with Crippen LogP contribution in [0.15, 0.2) is 40.8 Å². The molecule has 2 N–H and O–H groups in total. The summed E-state index contributed by atoms with van der Waals surface area (Å²) in [6.45, 7) is 4.08. The lowest BCUT2D eigenvalue weighted by Crippen LogP contribution is -1.88. The van der Waals surface area contributed by atoms with Crippen molar-refractivity contribution in [2.45, 2.75) is 33.1 Å². The number of hydrogen-bond acceptors (Lipinski definition) is 3. The van der Waals surface area contributed by atoms with Crippen molar-refractivity contribution in [2.75, 3.05) is 0 Å². The quantitative estimate of drug-likeness (QED) is 0.734. The van der Waals surface area contributed by atoms with Crippen LogP contribution >= 0.6 is 0 Å². The van der Waals surface area contributed by atoms with E-state index in [2.05, 4.69) is 6.92 Å². The van der Waals surface area contributed by atoms with Crippen LogP contribution in [0.1, 0.15) is 35.8 Å². The molecule has 3 rings (SSSR count). The molecule has 0 unspecified atom stereocenters. The molecular formula is C19H20O3. The molecule has 0 bridgehead atoms. The first-order chi connectivity index (χ1) is 10.6. The third kappa shape index (κ3) is 2.54. The molecule has 0 radical (unpaired) electrons. The molecule has 0 aliphatic rings. The fraction of sp³-hybridized carbons (Fsp3) is 0.263. The fourth-order valence-corrected chi connectivity index (χ4v) is 2.85. The monoisotopic (exact) mass is 296 g/mol. The molecule has 0 fully saturated rings. The van der Waals surface area contributed by atoms with Crippen molar-refractivity contribution in [1.29, 1.82) is 0 Å². The third-order valence-electron chi connectivity index (χ3n) is 4.07. The van der Waals surface area contributed by atoms with Crippen LogP contribution in [0, 0.1) is 6.92 Å². The Balaban J connectivity index is 2.02. The molecule has 3 nitrogen and oxygen atoms in total. The second kappa shape index (κ2) is 5.76. The Morgan fingerprint density at radius 1 is 1.00 bits per heavy atom. The zero-order valence-corrected chi connectivity index (χ0v) is 12.9. The summed E-state index contributed by atoms with van der Waals surface area (Å²) in [5.41, 5.74) is 3.74. The Kier molecular flexibility index (Phi) is 3.80. The number of aryl methyl sites for hydroxylation is 2. The first-order valence-electron chi connectivity index (χ1n) is 7.61. The Labute approximate surface area is 129 Å². The molecule has 2 aromatic carbocycles. The summed E-state index contributed by atoms with van der Waals surface area (Å²) in [6.07, 6.45) is 2.50. The summed E-state index contributed by atoms with van der Waals surface area (Å²) >= 11 is 0. The summed E-state index contributed by atoms with van der Waals surface area (Å²) in [6, 6.07) is 11.0. The van der Waals surface area contributed by atoms with Crippen molar-refractivity contribution in [2.24, 2.45) is 0 Å². The minimum atomic E-state index is 0.256. The number of aromatic hydroxyl groups is 2. The SMILES string of the molecule is CCCc1ccc2oc(Cc3ccc(O)cc3)c(C)c2c1O. The van der Waals surface area contributed by atoms with E-state index in [0.29, 0.717) is 12.2 Å². The number of hydrogen-bond donors (Lipinski definition) is 2. The van der Waals surface area contributed by atoms with E-state index in [-0.39, 0.29) is 5.75 Å². The largest absolute Gasteiger partial charge is 0.508 e. The van der Waals surface area contributed by atoms with E-state index in [9.17, 15) is 10.2 Å². The van der Waals surface area contributed by atoms with Gasteiger partial charge in [-0.2, -0.15) is 0 Å². The molecule has 1 aromatic heterocycles. The maximum absolute atomic E-state index is 10.5. The summed E-state index contributed by atoms with van der Waals surface area (Å²) in [5.74, 6) is 1.45. The highest BCUT2D eigenvalue weighted by atomic mass is 16.3. The van der Waals surface area contributed by atoms with Crippen molar-refractivity contribution >= 4 is 11.0 Å². The maximum atomic E-state index is 10.5. The lowest BCUT2D eigenvalue weighted by atomic mass is 10.0. The van der Waals surface area contributed by atoms with E-state index in [1.54, 1.807) is 12.1 Å². The van der Waals surface area contributed by atoms with Crippen LogP contribution in [0.2, 0.25) is 0 Å². The average Bonchev–Trinajstić information content (AvgIpc) is 2.82. The van der Waals surface area contributed by atoms with Crippen LogP contribution in [-0.4, -0.2) is 10.2 Å². The second-order valence-corrected chi connectivity index (χ2v) is 5.69. The lowest BCUT2D eigenvalue weighted by molar-refractivity contribution is 0.473. The molecule has 22 heavy (non-hydrogen) atoms.